The number of aromatic hydroxyl groups is 1. The molecule has 1 heterocycles. The molecule has 110 valence electrons. The second-order valence-electron chi connectivity index (χ2n) is 4.17. The molecule has 0 unspecified atom stereocenters. The van der Waals surface area contributed by atoms with Gasteiger partial charge in [-0.3, -0.25) is 4.98 Å². The summed E-state index contributed by atoms with van der Waals surface area (Å²) in [5.41, 5.74) is 0.192. The molecule has 0 fully saturated rings. The predicted molar refractivity (Wildman–Crippen MR) is 73.3 cm³/mol. The summed E-state index contributed by atoms with van der Waals surface area (Å²) in [6.45, 7) is 0.0272. The van der Waals surface area contributed by atoms with E-state index in [1.807, 2.05) is 0 Å². The van der Waals surface area contributed by atoms with E-state index in [4.69, 9.17) is 5.11 Å². The molecular weight excluding hydrogens is 296 g/mol. The second kappa shape index (κ2) is 5.90. The Morgan fingerprint density at radius 2 is 2.05 bits per heavy atom. The van der Waals surface area contributed by atoms with Crippen molar-refractivity contribution in [3.63, 3.8) is 0 Å². The number of hydrogen-bond acceptors (Lipinski definition) is 5. The smallest absolute Gasteiger partial charge is 0.339 e. The number of phenols is 1. The van der Waals surface area contributed by atoms with Crippen molar-refractivity contribution in [3.05, 3.63) is 53.9 Å². The highest BCUT2D eigenvalue weighted by molar-refractivity contribution is 7.89. The molecule has 0 radical (unpaired) electrons. The van der Waals surface area contributed by atoms with Gasteiger partial charge in [0.25, 0.3) is 0 Å². The number of rotatable bonds is 5. The Kier molecular flexibility index (Phi) is 4.20. The van der Waals surface area contributed by atoms with Crippen LogP contribution in [0.3, 0.4) is 0 Å². The van der Waals surface area contributed by atoms with Crippen molar-refractivity contribution >= 4 is 16.0 Å². The molecule has 2 rings (SSSR count). The maximum Gasteiger partial charge on any atom is 0.339 e. The summed E-state index contributed by atoms with van der Waals surface area (Å²) in [4.78, 5) is 14.5. The van der Waals surface area contributed by atoms with Crippen molar-refractivity contribution in [3.8, 4) is 5.75 Å². The molecule has 0 atom stereocenters. The Hall–Kier alpha value is -2.45. The lowest BCUT2D eigenvalue weighted by molar-refractivity contribution is 0.0693. The summed E-state index contributed by atoms with van der Waals surface area (Å²) in [7, 11) is -3.88. The van der Waals surface area contributed by atoms with Gasteiger partial charge in [0, 0.05) is 18.9 Å². The molecule has 21 heavy (non-hydrogen) atoms. The normalized spacial score (nSPS) is 11.2. The number of aromatic nitrogens is 1. The van der Waals surface area contributed by atoms with Gasteiger partial charge in [-0.25, -0.2) is 17.9 Å². The minimum atomic E-state index is -3.88. The van der Waals surface area contributed by atoms with Crippen LogP contribution in [0.5, 0.6) is 5.75 Å². The van der Waals surface area contributed by atoms with Gasteiger partial charge in [-0.05, 0) is 29.8 Å². The molecule has 3 N–H and O–H groups in total. The Morgan fingerprint density at radius 1 is 1.29 bits per heavy atom. The first kappa shape index (κ1) is 14.9. The molecule has 0 bridgehead atoms. The van der Waals surface area contributed by atoms with Gasteiger partial charge in [0.05, 0.1) is 4.90 Å². The van der Waals surface area contributed by atoms with Gasteiger partial charge in [0.2, 0.25) is 10.0 Å². The summed E-state index contributed by atoms with van der Waals surface area (Å²) in [6.07, 6.45) is 3.08. The van der Waals surface area contributed by atoms with Gasteiger partial charge >= 0.3 is 5.97 Å². The minimum absolute atomic E-state index is 0.0272. The molecule has 0 amide bonds. The lowest BCUT2D eigenvalue weighted by Gasteiger charge is -2.08. The van der Waals surface area contributed by atoms with Crippen LogP contribution in [0.2, 0.25) is 0 Å². The van der Waals surface area contributed by atoms with Gasteiger partial charge in [0.1, 0.15) is 11.3 Å². The van der Waals surface area contributed by atoms with Crippen LogP contribution in [0, 0.1) is 0 Å². The number of benzene rings is 1. The van der Waals surface area contributed by atoms with Crippen molar-refractivity contribution in [2.75, 3.05) is 0 Å². The average molecular weight is 308 g/mol. The number of carboxylic acid groups (broad SMARTS) is 1. The molecule has 0 spiro atoms. The number of hydrogen-bond donors (Lipinski definition) is 3. The van der Waals surface area contributed by atoms with Gasteiger partial charge in [-0.15, -0.1) is 0 Å². The highest BCUT2D eigenvalue weighted by Crippen LogP contribution is 2.21. The number of carboxylic acids is 1. The minimum Gasteiger partial charge on any atom is -0.507 e. The lowest BCUT2D eigenvalue weighted by atomic mass is 10.2. The Morgan fingerprint density at radius 3 is 2.67 bits per heavy atom. The molecule has 0 saturated heterocycles. The van der Waals surface area contributed by atoms with Crippen LogP contribution < -0.4 is 4.72 Å². The van der Waals surface area contributed by atoms with Crippen molar-refractivity contribution in [2.45, 2.75) is 11.4 Å². The van der Waals surface area contributed by atoms with E-state index in [0.29, 0.717) is 5.56 Å². The van der Waals surface area contributed by atoms with Crippen LogP contribution in [0.15, 0.2) is 47.6 Å². The molecule has 0 aliphatic heterocycles. The van der Waals surface area contributed by atoms with Gasteiger partial charge in [-0.1, -0.05) is 6.07 Å². The SMILES string of the molecule is O=C(O)c1cc(S(=O)(=O)NCc2cccnc2)ccc1O. The highest BCUT2D eigenvalue weighted by atomic mass is 32.2. The fourth-order valence-electron chi connectivity index (χ4n) is 1.62. The largest absolute Gasteiger partial charge is 0.507 e. The summed E-state index contributed by atoms with van der Waals surface area (Å²) in [5, 5.41) is 18.3. The van der Waals surface area contributed by atoms with Crippen molar-refractivity contribution in [1.29, 1.82) is 0 Å². The van der Waals surface area contributed by atoms with E-state index in [1.165, 1.54) is 6.20 Å². The second-order valence-corrected chi connectivity index (χ2v) is 5.94. The number of pyridine rings is 1. The fourth-order valence-corrected chi connectivity index (χ4v) is 2.66. The standard InChI is InChI=1S/C13H12N2O5S/c16-12-4-3-10(6-11(12)13(17)18)21(19,20)15-8-9-2-1-5-14-7-9/h1-7,15-16H,8H2,(H,17,18). The number of nitrogens with zero attached hydrogens (tertiary/aromatic N) is 1. The summed E-state index contributed by atoms with van der Waals surface area (Å²) >= 11 is 0. The highest BCUT2D eigenvalue weighted by Gasteiger charge is 2.18. The van der Waals surface area contributed by atoms with Crippen LogP contribution in [-0.4, -0.2) is 29.6 Å². The van der Waals surface area contributed by atoms with Crippen LogP contribution in [0.1, 0.15) is 15.9 Å². The van der Waals surface area contributed by atoms with Gasteiger partial charge in [-0.2, -0.15) is 0 Å². The first-order valence-corrected chi connectivity index (χ1v) is 7.33. The number of sulfonamides is 1. The van der Waals surface area contributed by atoms with Crippen molar-refractivity contribution < 1.29 is 23.4 Å². The molecule has 7 nitrogen and oxygen atoms in total. The third kappa shape index (κ3) is 3.56. The number of carbonyl (C=O) groups is 1. The van der Waals surface area contributed by atoms with Gasteiger partial charge < -0.3 is 10.2 Å². The van der Waals surface area contributed by atoms with E-state index in [2.05, 4.69) is 9.71 Å². The van der Waals surface area contributed by atoms with Crippen LogP contribution in [0.4, 0.5) is 0 Å². The molecule has 2 aromatic rings. The maximum absolute atomic E-state index is 12.1. The number of nitrogens with one attached hydrogen (secondary N) is 1. The van der Waals surface area contributed by atoms with Crippen molar-refractivity contribution in [2.24, 2.45) is 0 Å². The lowest BCUT2D eigenvalue weighted by Crippen LogP contribution is -2.23. The molecule has 0 saturated carbocycles. The van der Waals surface area contributed by atoms with Crippen LogP contribution in [-0.2, 0) is 16.6 Å². The third-order valence-corrected chi connectivity index (χ3v) is 4.10. The third-order valence-electron chi connectivity index (χ3n) is 2.70. The molecule has 1 aromatic carbocycles. The van der Waals surface area contributed by atoms with E-state index in [-0.39, 0.29) is 11.4 Å². The van der Waals surface area contributed by atoms with Crippen LogP contribution in [0.25, 0.3) is 0 Å². The van der Waals surface area contributed by atoms with Crippen molar-refractivity contribution in [1.82, 2.24) is 9.71 Å². The predicted octanol–water partition coefficient (Wildman–Crippen LogP) is 0.964. The Bertz CT molecular complexity index is 759. The summed E-state index contributed by atoms with van der Waals surface area (Å²) < 4.78 is 26.5. The Balaban J connectivity index is 2.24. The zero-order valence-electron chi connectivity index (χ0n) is 10.7. The quantitative estimate of drug-likeness (QED) is 0.757. The first-order chi connectivity index (χ1) is 9.90. The number of aromatic carboxylic acids is 1. The zero-order valence-corrected chi connectivity index (χ0v) is 11.5. The van der Waals surface area contributed by atoms with E-state index >= 15 is 0 Å². The van der Waals surface area contributed by atoms with Crippen LogP contribution >= 0.6 is 0 Å². The topological polar surface area (TPSA) is 117 Å². The molecule has 8 heteroatoms. The molecule has 0 aliphatic rings. The monoisotopic (exact) mass is 308 g/mol. The Labute approximate surface area is 120 Å². The summed E-state index contributed by atoms with van der Waals surface area (Å²) in [6, 6.07) is 6.44. The zero-order chi connectivity index (χ0) is 15.5. The van der Waals surface area contributed by atoms with E-state index < -0.39 is 27.3 Å². The van der Waals surface area contributed by atoms with E-state index in [9.17, 15) is 18.3 Å². The molecular formula is C13H12N2O5S. The van der Waals surface area contributed by atoms with Gasteiger partial charge in [0.15, 0.2) is 0 Å². The average Bonchev–Trinajstić information content (AvgIpc) is 2.46. The van der Waals surface area contributed by atoms with E-state index in [0.717, 1.165) is 18.2 Å². The molecule has 0 aliphatic carbocycles. The first-order valence-electron chi connectivity index (χ1n) is 5.85. The fraction of sp³-hybridized carbons (Fsp3) is 0.0769. The molecule has 1 aromatic heterocycles. The maximum atomic E-state index is 12.1. The summed E-state index contributed by atoms with van der Waals surface area (Å²) in [5.74, 6) is -1.90. The van der Waals surface area contributed by atoms with E-state index in [1.54, 1.807) is 18.3 Å².